The first kappa shape index (κ1) is 22.2. The smallest absolute Gasteiger partial charge is 0.422 e. The van der Waals surface area contributed by atoms with Crippen LogP contribution in [-0.2, 0) is 26.9 Å². The van der Waals surface area contributed by atoms with Gasteiger partial charge in [-0.3, -0.25) is 4.79 Å². The average molecular weight is 426 g/mol. The van der Waals surface area contributed by atoms with Gasteiger partial charge in [-0.1, -0.05) is 24.3 Å². The summed E-state index contributed by atoms with van der Waals surface area (Å²) in [5.41, 5.74) is 1.30. The zero-order valence-corrected chi connectivity index (χ0v) is 15.9. The van der Waals surface area contributed by atoms with Gasteiger partial charge in [-0.05, 0) is 35.4 Å². The Kier molecular flexibility index (Phi) is 7.23. The van der Waals surface area contributed by atoms with Crippen molar-refractivity contribution >= 4 is 15.7 Å². The molecule has 0 radical (unpaired) electrons. The third-order valence-electron chi connectivity index (χ3n) is 3.61. The molecule has 154 valence electrons. The summed E-state index contributed by atoms with van der Waals surface area (Å²) in [5.74, 6) is -1.84. The summed E-state index contributed by atoms with van der Waals surface area (Å²) < 4.78 is 65.5. The van der Waals surface area contributed by atoms with Crippen LogP contribution in [0.1, 0.15) is 16.7 Å². The number of hydrogen-bond acceptors (Lipinski definition) is 5. The molecule has 0 saturated heterocycles. The number of carbonyl (C=O) groups excluding carboxylic acids is 1. The number of nitrogens with one attached hydrogen (secondary N) is 1. The van der Waals surface area contributed by atoms with Crippen molar-refractivity contribution in [2.45, 2.75) is 18.5 Å². The Bertz CT molecular complexity index is 997. The largest absolute Gasteiger partial charge is 0.484 e. The zero-order valence-electron chi connectivity index (χ0n) is 15.1. The molecule has 0 aliphatic heterocycles. The van der Waals surface area contributed by atoms with Crippen molar-refractivity contribution in [2.24, 2.45) is 0 Å². The van der Waals surface area contributed by atoms with Crippen molar-refractivity contribution in [2.75, 3.05) is 12.4 Å². The number of rotatable bonds is 8. The van der Waals surface area contributed by atoms with Crippen molar-refractivity contribution in [3.8, 4) is 11.8 Å². The molecule has 29 heavy (non-hydrogen) atoms. The van der Waals surface area contributed by atoms with Crippen molar-refractivity contribution in [3.63, 3.8) is 0 Å². The quantitative estimate of drug-likeness (QED) is 0.700. The Balaban J connectivity index is 1.87. The Morgan fingerprint density at radius 2 is 1.79 bits per heavy atom. The number of halogens is 3. The molecule has 0 spiro atoms. The standard InChI is InChI=1S/C19H17F3N2O4S/c20-19(21,22)13-28-17-3-1-2-16(8-17)10-24-18(25)12-29(26,27)11-15-6-4-14(9-23)5-7-15/h1-8H,10-13H2,(H,24,25). The first-order valence-corrected chi connectivity index (χ1v) is 10.1. The number of alkyl halides is 3. The van der Waals surface area contributed by atoms with Gasteiger partial charge in [0.1, 0.15) is 11.5 Å². The van der Waals surface area contributed by atoms with Gasteiger partial charge in [-0.15, -0.1) is 0 Å². The number of hydrogen-bond donors (Lipinski definition) is 1. The van der Waals surface area contributed by atoms with Crippen LogP contribution in [0.3, 0.4) is 0 Å². The van der Waals surface area contributed by atoms with E-state index in [1.807, 2.05) is 6.07 Å². The maximum absolute atomic E-state index is 12.2. The highest BCUT2D eigenvalue weighted by molar-refractivity contribution is 7.91. The van der Waals surface area contributed by atoms with Crippen molar-refractivity contribution < 1.29 is 31.1 Å². The molecule has 2 aromatic rings. The molecule has 2 rings (SSSR count). The molecular formula is C19H17F3N2O4S. The van der Waals surface area contributed by atoms with Gasteiger partial charge in [0.2, 0.25) is 5.91 Å². The van der Waals surface area contributed by atoms with Crippen molar-refractivity contribution in [1.82, 2.24) is 5.32 Å². The summed E-state index contributed by atoms with van der Waals surface area (Å²) in [6.07, 6.45) is -4.46. The highest BCUT2D eigenvalue weighted by atomic mass is 32.2. The van der Waals surface area contributed by atoms with Gasteiger partial charge < -0.3 is 10.1 Å². The van der Waals surface area contributed by atoms with Crippen LogP contribution in [0.15, 0.2) is 48.5 Å². The molecule has 0 bridgehead atoms. The van der Waals surface area contributed by atoms with Gasteiger partial charge >= 0.3 is 6.18 Å². The first-order valence-electron chi connectivity index (χ1n) is 8.31. The predicted molar refractivity (Wildman–Crippen MR) is 98.5 cm³/mol. The van der Waals surface area contributed by atoms with Crippen LogP contribution in [-0.4, -0.2) is 32.9 Å². The molecule has 2 aromatic carbocycles. The molecular weight excluding hydrogens is 409 g/mol. The van der Waals surface area contributed by atoms with E-state index in [1.54, 1.807) is 6.07 Å². The summed E-state index contributed by atoms with van der Waals surface area (Å²) in [6, 6.07) is 13.6. The third-order valence-corrected chi connectivity index (χ3v) is 5.09. The van der Waals surface area contributed by atoms with E-state index >= 15 is 0 Å². The second-order valence-corrected chi connectivity index (χ2v) is 8.23. The van der Waals surface area contributed by atoms with Crippen molar-refractivity contribution in [3.05, 3.63) is 65.2 Å². The minimum Gasteiger partial charge on any atom is -0.484 e. The summed E-state index contributed by atoms with van der Waals surface area (Å²) in [7, 11) is -3.74. The molecule has 1 N–H and O–H groups in total. The second-order valence-electron chi connectivity index (χ2n) is 6.17. The normalized spacial score (nSPS) is 11.5. The van der Waals surface area contributed by atoms with E-state index in [1.165, 1.54) is 42.5 Å². The summed E-state index contributed by atoms with van der Waals surface area (Å²) in [5, 5.41) is 11.2. The zero-order chi connectivity index (χ0) is 21.5. The Labute approximate surface area is 165 Å². The molecule has 0 aliphatic rings. The van der Waals surface area contributed by atoms with Crippen LogP contribution in [0, 0.1) is 11.3 Å². The third kappa shape index (κ3) is 8.23. The summed E-state index contributed by atoms with van der Waals surface area (Å²) >= 11 is 0. The molecule has 0 aromatic heterocycles. The minimum absolute atomic E-state index is 0.0116. The molecule has 6 nitrogen and oxygen atoms in total. The maximum atomic E-state index is 12.2. The van der Waals surface area contributed by atoms with Gasteiger partial charge in [-0.2, -0.15) is 18.4 Å². The SMILES string of the molecule is N#Cc1ccc(CS(=O)(=O)CC(=O)NCc2cccc(OCC(F)(F)F)c2)cc1. The maximum Gasteiger partial charge on any atom is 0.422 e. The Hall–Kier alpha value is -3.06. The number of amides is 1. The first-order chi connectivity index (χ1) is 13.6. The molecule has 0 saturated carbocycles. The minimum atomic E-state index is -4.46. The number of nitrogens with zero attached hydrogens (tertiary/aromatic N) is 1. The van der Waals surface area contributed by atoms with Gasteiger partial charge in [0.15, 0.2) is 16.4 Å². The van der Waals surface area contributed by atoms with E-state index in [0.29, 0.717) is 16.7 Å². The van der Waals surface area contributed by atoms with Gasteiger partial charge in [0.25, 0.3) is 0 Å². The van der Waals surface area contributed by atoms with Crippen molar-refractivity contribution in [1.29, 1.82) is 5.26 Å². The fraction of sp³-hybridized carbons (Fsp3) is 0.263. The summed E-state index contributed by atoms with van der Waals surface area (Å²) in [4.78, 5) is 12.0. The molecule has 0 fully saturated rings. The molecule has 1 amide bonds. The molecule has 0 unspecified atom stereocenters. The van der Waals surface area contributed by atoms with Crippen LogP contribution in [0.5, 0.6) is 5.75 Å². The lowest BCUT2D eigenvalue weighted by Crippen LogP contribution is -2.30. The Morgan fingerprint density at radius 1 is 1.10 bits per heavy atom. The van der Waals surface area contributed by atoms with Crippen LogP contribution in [0.2, 0.25) is 0 Å². The highest BCUT2D eigenvalue weighted by Gasteiger charge is 2.28. The average Bonchev–Trinajstić information content (AvgIpc) is 2.64. The Morgan fingerprint density at radius 3 is 2.41 bits per heavy atom. The molecule has 0 aliphatic carbocycles. The van der Waals surface area contributed by atoms with Crippen LogP contribution < -0.4 is 10.1 Å². The predicted octanol–water partition coefficient (Wildman–Crippen LogP) is 2.73. The van der Waals surface area contributed by atoms with E-state index < -0.39 is 34.3 Å². The number of carbonyl (C=O) groups is 1. The lowest BCUT2D eigenvalue weighted by atomic mass is 10.2. The number of ether oxygens (including phenoxy) is 1. The second kappa shape index (κ2) is 9.43. The number of sulfone groups is 1. The number of nitriles is 1. The van der Waals surface area contributed by atoms with Gasteiger partial charge in [0.05, 0.1) is 17.4 Å². The van der Waals surface area contributed by atoms with E-state index in [4.69, 9.17) is 5.26 Å². The monoisotopic (exact) mass is 426 g/mol. The number of benzene rings is 2. The lowest BCUT2D eigenvalue weighted by molar-refractivity contribution is -0.153. The fourth-order valence-electron chi connectivity index (χ4n) is 2.34. The topological polar surface area (TPSA) is 96.3 Å². The van der Waals surface area contributed by atoms with E-state index in [0.717, 1.165) is 0 Å². The van der Waals surface area contributed by atoms with E-state index in [-0.39, 0.29) is 18.0 Å². The van der Waals surface area contributed by atoms with Gasteiger partial charge in [-0.25, -0.2) is 8.42 Å². The van der Waals surface area contributed by atoms with Gasteiger partial charge in [0, 0.05) is 6.54 Å². The van der Waals surface area contributed by atoms with Crippen LogP contribution >= 0.6 is 0 Å². The summed E-state index contributed by atoms with van der Waals surface area (Å²) in [6.45, 7) is -1.50. The van der Waals surface area contributed by atoms with Crippen LogP contribution in [0.25, 0.3) is 0 Å². The lowest BCUT2D eigenvalue weighted by Gasteiger charge is -2.11. The molecule has 0 atom stereocenters. The molecule has 0 heterocycles. The van der Waals surface area contributed by atoms with E-state index in [9.17, 15) is 26.4 Å². The fourth-order valence-corrected chi connectivity index (χ4v) is 3.65. The highest BCUT2D eigenvalue weighted by Crippen LogP contribution is 2.19. The van der Waals surface area contributed by atoms with Crippen LogP contribution in [0.4, 0.5) is 13.2 Å². The molecule has 10 heteroatoms. The van der Waals surface area contributed by atoms with E-state index in [2.05, 4.69) is 10.1 Å².